The van der Waals surface area contributed by atoms with Gasteiger partial charge in [-0.3, -0.25) is 14.3 Å². The summed E-state index contributed by atoms with van der Waals surface area (Å²) in [6.07, 6.45) is 4.96. The Balaban J connectivity index is 1.49. The van der Waals surface area contributed by atoms with E-state index in [1.165, 1.54) is 15.8 Å². The van der Waals surface area contributed by atoms with Gasteiger partial charge < -0.3 is 10.6 Å². The van der Waals surface area contributed by atoms with Crippen LogP contribution in [0.4, 0.5) is 0 Å². The number of aromatic nitrogens is 2. The second kappa shape index (κ2) is 7.29. The minimum Gasteiger partial charge on any atom is -0.350 e. The summed E-state index contributed by atoms with van der Waals surface area (Å²) < 4.78 is 1.51. The Labute approximate surface area is 141 Å². The van der Waals surface area contributed by atoms with Crippen LogP contribution >= 0.6 is 0 Å². The lowest BCUT2D eigenvalue weighted by molar-refractivity contribution is -0.121. The molecule has 1 aromatic heterocycles. The summed E-state index contributed by atoms with van der Waals surface area (Å²) in [6.45, 7) is 0.310. The average Bonchev–Trinajstić information content (AvgIpc) is 3.01. The number of hydrogen-bond acceptors (Lipinski definition) is 3. The van der Waals surface area contributed by atoms with Crippen molar-refractivity contribution in [2.24, 2.45) is 7.05 Å². The number of amides is 2. The number of carbonyl (C=O) groups excluding carboxylic acids is 2. The molecule has 6 heteroatoms. The number of carbonyl (C=O) groups is 2. The van der Waals surface area contributed by atoms with E-state index in [9.17, 15) is 9.59 Å². The Morgan fingerprint density at radius 2 is 2.12 bits per heavy atom. The van der Waals surface area contributed by atoms with E-state index in [0.717, 1.165) is 19.3 Å². The summed E-state index contributed by atoms with van der Waals surface area (Å²) in [5, 5.41) is 9.80. The molecule has 1 aromatic carbocycles. The van der Waals surface area contributed by atoms with Crippen molar-refractivity contribution in [1.82, 2.24) is 20.4 Å². The maximum Gasteiger partial charge on any atom is 0.269 e. The molecule has 2 N–H and O–H groups in total. The van der Waals surface area contributed by atoms with Gasteiger partial charge in [0, 0.05) is 26.2 Å². The zero-order valence-electron chi connectivity index (χ0n) is 13.8. The molecule has 0 aliphatic heterocycles. The van der Waals surface area contributed by atoms with Gasteiger partial charge in [0.05, 0.1) is 6.04 Å². The Morgan fingerprint density at radius 3 is 2.92 bits per heavy atom. The van der Waals surface area contributed by atoms with Gasteiger partial charge in [0.25, 0.3) is 5.91 Å². The molecular formula is C18H22N4O2. The molecule has 3 rings (SSSR count). The fourth-order valence-electron chi connectivity index (χ4n) is 3.15. The smallest absolute Gasteiger partial charge is 0.269 e. The first-order valence-corrected chi connectivity index (χ1v) is 8.28. The van der Waals surface area contributed by atoms with E-state index in [0.29, 0.717) is 12.2 Å². The van der Waals surface area contributed by atoms with Gasteiger partial charge in [-0.05, 0) is 36.5 Å². The lowest BCUT2D eigenvalue weighted by atomic mass is 9.88. The van der Waals surface area contributed by atoms with Gasteiger partial charge in [0.2, 0.25) is 5.91 Å². The van der Waals surface area contributed by atoms with Gasteiger partial charge in [-0.25, -0.2) is 0 Å². The third-order valence-corrected chi connectivity index (χ3v) is 4.40. The van der Waals surface area contributed by atoms with Crippen molar-refractivity contribution in [2.75, 3.05) is 6.54 Å². The summed E-state index contributed by atoms with van der Waals surface area (Å²) in [4.78, 5) is 24.1. The Morgan fingerprint density at radius 1 is 1.29 bits per heavy atom. The molecule has 0 saturated heterocycles. The van der Waals surface area contributed by atoms with Gasteiger partial charge >= 0.3 is 0 Å². The number of nitrogens with one attached hydrogen (secondary N) is 2. The molecule has 1 aliphatic carbocycles. The standard InChI is InChI=1S/C18H22N4O2/c1-22-16(9-12-20-22)18(24)19-11-10-17(23)21-15-8-4-6-13-5-2-3-7-14(13)15/h2-3,5,7,9,12,15H,4,6,8,10-11H2,1H3,(H,19,24)(H,21,23). The van der Waals surface area contributed by atoms with Crippen molar-refractivity contribution in [3.63, 3.8) is 0 Å². The van der Waals surface area contributed by atoms with E-state index >= 15 is 0 Å². The van der Waals surface area contributed by atoms with E-state index in [2.05, 4.69) is 27.9 Å². The Bertz CT molecular complexity index is 738. The molecule has 24 heavy (non-hydrogen) atoms. The number of nitrogens with zero attached hydrogens (tertiary/aromatic N) is 2. The minimum atomic E-state index is -0.217. The monoisotopic (exact) mass is 326 g/mol. The normalized spacial score (nSPS) is 16.3. The van der Waals surface area contributed by atoms with Crippen LogP contribution < -0.4 is 10.6 Å². The lowest BCUT2D eigenvalue weighted by Crippen LogP contribution is -2.34. The topological polar surface area (TPSA) is 76.0 Å². The first-order chi connectivity index (χ1) is 11.6. The molecule has 0 bridgehead atoms. The van der Waals surface area contributed by atoms with Crippen molar-refractivity contribution in [1.29, 1.82) is 0 Å². The molecule has 6 nitrogen and oxygen atoms in total. The lowest BCUT2D eigenvalue weighted by Gasteiger charge is -2.26. The van der Waals surface area contributed by atoms with Crippen LogP contribution in [0.5, 0.6) is 0 Å². The third kappa shape index (κ3) is 3.64. The zero-order valence-corrected chi connectivity index (χ0v) is 13.8. The van der Waals surface area contributed by atoms with E-state index < -0.39 is 0 Å². The van der Waals surface area contributed by atoms with Crippen molar-refractivity contribution in [3.05, 3.63) is 53.3 Å². The summed E-state index contributed by atoms with van der Waals surface area (Å²) in [6, 6.07) is 9.99. The van der Waals surface area contributed by atoms with E-state index in [4.69, 9.17) is 0 Å². The van der Waals surface area contributed by atoms with E-state index in [1.54, 1.807) is 19.3 Å². The van der Waals surface area contributed by atoms with Crippen LogP contribution in [0.2, 0.25) is 0 Å². The SMILES string of the molecule is Cn1nccc1C(=O)NCCC(=O)NC1CCCc2ccccc21. The van der Waals surface area contributed by atoms with Gasteiger partial charge in [-0.15, -0.1) is 0 Å². The number of benzene rings is 1. The van der Waals surface area contributed by atoms with Crippen molar-refractivity contribution in [3.8, 4) is 0 Å². The molecular weight excluding hydrogens is 304 g/mol. The number of hydrogen-bond donors (Lipinski definition) is 2. The molecule has 0 radical (unpaired) electrons. The Kier molecular flexibility index (Phi) is 4.93. The van der Waals surface area contributed by atoms with Crippen LogP contribution in [0, 0.1) is 0 Å². The maximum absolute atomic E-state index is 12.2. The molecule has 0 spiro atoms. The minimum absolute atomic E-state index is 0.0398. The van der Waals surface area contributed by atoms with Crippen LogP contribution in [-0.2, 0) is 18.3 Å². The largest absolute Gasteiger partial charge is 0.350 e. The molecule has 1 aliphatic rings. The van der Waals surface area contributed by atoms with Gasteiger partial charge in [0.1, 0.15) is 5.69 Å². The number of rotatable bonds is 5. The highest BCUT2D eigenvalue weighted by atomic mass is 16.2. The highest BCUT2D eigenvalue weighted by Crippen LogP contribution is 2.29. The fourth-order valence-corrected chi connectivity index (χ4v) is 3.15. The molecule has 2 amide bonds. The molecule has 1 heterocycles. The summed E-state index contributed by atoms with van der Waals surface area (Å²) in [5.41, 5.74) is 3.02. The molecule has 2 aromatic rings. The van der Waals surface area contributed by atoms with Crippen molar-refractivity contribution in [2.45, 2.75) is 31.7 Å². The highest BCUT2D eigenvalue weighted by Gasteiger charge is 2.21. The van der Waals surface area contributed by atoms with E-state index in [-0.39, 0.29) is 24.3 Å². The van der Waals surface area contributed by atoms with Gasteiger partial charge in [0.15, 0.2) is 0 Å². The predicted octanol–water partition coefficient (Wildman–Crippen LogP) is 1.73. The van der Waals surface area contributed by atoms with Crippen LogP contribution in [0.25, 0.3) is 0 Å². The summed E-state index contributed by atoms with van der Waals surface area (Å²) >= 11 is 0. The van der Waals surface area contributed by atoms with Gasteiger partial charge in [-0.1, -0.05) is 24.3 Å². The third-order valence-electron chi connectivity index (χ3n) is 4.40. The maximum atomic E-state index is 12.2. The molecule has 0 fully saturated rings. The zero-order chi connectivity index (χ0) is 16.9. The molecule has 1 unspecified atom stereocenters. The summed E-state index contributed by atoms with van der Waals surface area (Å²) in [5.74, 6) is -0.257. The van der Waals surface area contributed by atoms with Crippen LogP contribution in [0.3, 0.4) is 0 Å². The summed E-state index contributed by atoms with van der Waals surface area (Å²) in [7, 11) is 1.71. The van der Waals surface area contributed by atoms with E-state index in [1.807, 2.05) is 12.1 Å². The van der Waals surface area contributed by atoms with Crippen molar-refractivity contribution < 1.29 is 9.59 Å². The first kappa shape index (κ1) is 16.2. The second-order valence-corrected chi connectivity index (χ2v) is 6.06. The predicted molar refractivity (Wildman–Crippen MR) is 90.4 cm³/mol. The fraction of sp³-hybridized carbons (Fsp3) is 0.389. The van der Waals surface area contributed by atoms with Crippen LogP contribution in [0.15, 0.2) is 36.5 Å². The first-order valence-electron chi connectivity index (χ1n) is 8.28. The van der Waals surface area contributed by atoms with Crippen molar-refractivity contribution >= 4 is 11.8 Å². The number of fused-ring (bicyclic) bond motifs is 1. The average molecular weight is 326 g/mol. The second-order valence-electron chi connectivity index (χ2n) is 6.06. The molecule has 1 atom stereocenters. The van der Waals surface area contributed by atoms with Crippen LogP contribution in [0.1, 0.15) is 46.9 Å². The van der Waals surface area contributed by atoms with Gasteiger partial charge in [-0.2, -0.15) is 5.10 Å². The number of aryl methyl sites for hydroxylation is 2. The Hall–Kier alpha value is -2.63. The highest BCUT2D eigenvalue weighted by molar-refractivity contribution is 5.92. The molecule has 126 valence electrons. The molecule has 0 saturated carbocycles. The van der Waals surface area contributed by atoms with Crippen LogP contribution in [-0.4, -0.2) is 28.1 Å². The quantitative estimate of drug-likeness (QED) is 0.878.